The van der Waals surface area contributed by atoms with Crippen molar-refractivity contribution in [3.05, 3.63) is 149 Å². The summed E-state index contributed by atoms with van der Waals surface area (Å²) in [6.45, 7) is 2.82. The second-order valence-electron chi connectivity index (χ2n) is 9.81. The molecular formula is C36H35NO3. The first-order valence-electron chi connectivity index (χ1n) is 13.9. The number of esters is 1. The number of rotatable bonds is 11. The van der Waals surface area contributed by atoms with E-state index in [9.17, 15) is 4.79 Å². The number of methoxy groups -OCH3 is 1. The van der Waals surface area contributed by atoms with Gasteiger partial charge in [-0.3, -0.25) is 0 Å². The van der Waals surface area contributed by atoms with Crippen molar-refractivity contribution in [3.63, 3.8) is 0 Å². The molecule has 4 nitrogen and oxygen atoms in total. The van der Waals surface area contributed by atoms with E-state index in [1.807, 2.05) is 49.4 Å². The average Bonchev–Trinajstić information content (AvgIpc) is 3.30. The lowest BCUT2D eigenvalue weighted by Gasteiger charge is -2.16. The van der Waals surface area contributed by atoms with Crippen LogP contribution in [0.25, 0.3) is 11.1 Å². The van der Waals surface area contributed by atoms with Crippen LogP contribution in [0.3, 0.4) is 0 Å². The molecule has 0 aliphatic heterocycles. The van der Waals surface area contributed by atoms with Gasteiger partial charge < -0.3 is 14.0 Å². The molecule has 202 valence electrons. The predicted molar refractivity (Wildman–Crippen MR) is 161 cm³/mol. The molecule has 0 saturated carbocycles. The second-order valence-corrected chi connectivity index (χ2v) is 9.81. The standard InChI is InChI=1S/C36H35NO3/c1-3-40-36(38)35-32(24-21-27-13-7-4-8-14-27)37(26-29-19-22-31(39-2)23-20-29)33(25-28-15-9-5-10-16-28)34(35)30-17-11-6-12-18-30/h4-20,22-23H,3,21,24-26H2,1-2H3. The second kappa shape index (κ2) is 13.0. The van der Waals surface area contributed by atoms with Crippen molar-refractivity contribution in [2.75, 3.05) is 13.7 Å². The van der Waals surface area contributed by atoms with E-state index in [0.29, 0.717) is 31.6 Å². The maximum absolute atomic E-state index is 13.8. The Hall–Kier alpha value is -4.57. The number of carbonyl (C=O) groups is 1. The van der Waals surface area contributed by atoms with Crippen molar-refractivity contribution in [3.8, 4) is 16.9 Å². The van der Waals surface area contributed by atoms with Crippen LogP contribution in [0.5, 0.6) is 5.75 Å². The van der Waals surface area contributed by atoms with Crippen LogP contribution in [-0.4, -0.2) is 24.3 Å². The Morgan fingerprint density at radius 3 is 1.88 bits per heavy atom. The summed E-state index contributed by atoms with van der Waals surface area (Å²) in [5.74, 6) is 0.550. The zero-order valence-corrected chi connectivity index (χ0v) is 23.2. The number of aromatic nitrogens is 1. The SMILES string of the molecule is CCOC(=O)c1c(-c2ccccc2)c(Cc2ccccc2)n(Cc2ccc(OC)cc2)c1CCc1ccccc1. The molecule has 4 aromatic carbocycles. The van der Waals surface area contributed by atoms with E-state index in [4.69, 9.17) is 9.47 Å². The third-order valence-corrected chi connectivity index (χ3v) is 7.23. The van der Waals surface area contributed by atoms with Gasteiger partial charge in [0.1, 0.15) is 5.75 Å². The van der Waals surface area contributed by atoms with Gasteiger partial charge in [0.25, 0.3) is 0 Å². The highest BCUT2D eigenvalue weighted by Gasteiger charge is 2.29. The van der Waals surface area contributed by atoms with Gasteiger partial charge in [0.15, 0.2) is 0 Å². The van der Waals surface area contributed by atoms with Crippen LogP contribution in [-0.2, 0) is 30.5 Å². The van der Waals surface area contributed by atoms with E-state index >= 15 is 0 Å². The molecule has 0 aliphatic carbocycles. The fraction of sp³-hybridized carbons (Fsp3) is 0.194. The van der Waals surface area contributed by atoms with Gasteiger partial charge in [-0.15, -0.1) is 0 Å². The number of hydrogen-bond donors (Lipinski definition) is 0. The van der Waals surface area contributed by atoms with E-state index in [2.05, 4.69) is 77.4 Å². The topological polar surface area (TPSA) is 40.5 Å². The molecule has 0 unspecified atom stereocenters. The van der Waals surface area contributed by atoms with Gasteiger partial charge in [0.2, 0.25) is 0 Å². The van der Waals surface area contributed by atoms with Crippen molar-refractivity contribution in [2.24, 2.45) is 0 Å². The van der Waals surface area contributed by atoms with Crippen LogP contribution in [0, 0.1) is 0 Å². The van der Waals surface area contributed by atoms with Crippen LogP contribution in [0.15, 0.2) is 115 Å². The smallest absolute Gasteiger partial charge is 0.340 e. The van der Waals surface area contributed by atoms with Crippen LogP contribution in [0.1, 0.15) is 45.4 Å². The number of aryl methyl sites for hydroxylation is 1. The molecule has 5 aromatic rings. The molecule has 0 saturated heterocycles. The number of ether oxygens (including phenoxy) is 2. The predicted octanol–water partition coefficient (Wildman–Crippen LogP) is 7.76. The van der Waals surface area contributed by atoms with Gasteiger partial charge in [0.05, 0.1) is 19.3 Å². The summed E-state index contributed by atoms with van der Waals surface area (Å²) in [7, 11) is 1.68. The van der Waals surface area contributed by atoms with Gasteiger partial charge in [-0.05, 0) is 54.2 Å². The van der Waals surface area contributed by atoms with Crippen molar-refractivity contribution >= 4 is 5.97 Å². The highest BCUT2D eigenvalue weighted by atomic mass is 16.5. The number of carbonyl (C=O) groups excluding carboxylic acids is 1. The lowest BCUT2D eigenvalue weighted by molar-refractivity contribution is 0.0525. The largest absolute Gasteiger partial charge is 0.497 e. The molecule has 0 N–H and O–H groups in total. The molecule has 5 rings (SSSR count). The van der Waals surface area contributed by atoms with Gasteiger partial charge in [-0.25, -0.2) is 4.79 Å². The molecule has 0 bridgehead atoms. The maximum Gasteiger partial charge on any atom is 0.340 e. The Kier molecular flexibility index (Phi) is 8.77. The first-order valence-corrected chi connectivity index (χ1v) is 13.9. The van der Waals surface area contributed by atoms with Crippen molar-refractivity contribution in [1.29, 1.82) is 0 Å². The highest BCUT2D eigenvalue weighted by Crippen LogP contribution is 2.37. The first kappa shape index (κ1) is 27.0. The molecule has 0 spiro atoms. The van der Waals surface area contributed by atoms with Gasteiger partial charge in [-0.2, -0.15) is 0 Å². The van der Waals surface area contributed by atoms with E-state index < -0.39 is 0 Å². The number of nitrogens with zero attached hydrogens (tertiary/aromatic N) is 1. The first-order chi connectivity index (χ1) is 19.7. The zero-order valence-electron chi connectivity index (χ0n) is 23.2. The normalized spacial score (nSPS) is 10.8. The van der Waals surface area contributed by atoms with Gasteiger partial charge in [0, 0.05) is 29.9 Å². The molecule has 4 heteroatoms. The fourth-order valence-electron chi connectivity index (χ4n) is 5.31. The Morgan fingerprint density at radius 1 is 0.675 bits per heavy atom. The molecule has 0 radical (unpaired) electrons. The third kappa shape index (κ3) is 6.18. The lowest BCUT2D eigenvalue weighted by atomic mass is 9.96. The van der Waals surface area contributed by atoms with Gasteiger partial charge in [-0.1, -0.05) is 103 Å². The molecular weight excluding hydrogens is 494 g/mol. The Morgan fingerprint density at radius 2 is 1.27 bits per heavy atom. The lowest BCUT2D eigenvalue weighted by Crippen LogP contribution is -2.13. The van der Waals surface area contributed by atoms with Crippen LogP contribution >= 0.6 is 0 Å². The monoisotopic (exact) mass is 529 g/mol. The Balaban J connectivity index is 1.73. The van der Waals surface area contributed by atoms with E-state index in [1.54, 1.807) is 7.11 Å². The molecule has 0 aliphatic rings. The maximum atomic E-state index is 13.8. The Bertz CT molecular complexity index is 1520. The van der Waals surface area contributed by atoms with Crippen molar-refractivity contribution < 1.29 is 14.3 Å². The summed E-state index contributed by atoms with van der Waals surface area (Å²) in [6, 6.07) is 39.3. The van der Waals surface area contributed by atoms with Crippen LogP contribution in [0.2, 0.25) is 0 Å². The van der Waals surface area contributed by atoms with Crippen LogP contribution < -0.4 is 4.74 Å². The summed E-state index contributed by atoms with van der Waals surface area (Å²) in [4.78, 5) is 13.8. The number of hydrogen-bond acceptors (Lipinski definition) is 3. The quantitative estimate of drug-likeness (QED) is 0.164. The summed E-state index contributed by atoms with van der Waals surface area (Å²) in [5.41, 5.74) is 8.33. The van der Waals surface area contributed by atoms with E-state index in [0.717, 1.165) is 40.2 Å². The van der Waals surface area contributed by atoms with Crippen molar-refractivity contribution in [2.45, 2.75) is 32.7 Å². The fourth-order valence-corrected chi connectivity index (χ4v) is 5.31. The summed E-state index contributed by atoms with van der Waals surface area (Å²) in [5, 5.41) is 0. The van der Waals surface area contributed by atoms with E-state index in [-0.39, 0.29) is 5.97 Å². The highest BCUT2D eigenvalue weighted by molar-refractivity contribution is 6.00. The molecule has 1 heterocycles. The van der Waals surface area contributed by atoms with Crippen molar-refractivity contribution in [1.82, 2.24) is 4.57 Å². The molecule has 1 aromatic heterocycles. The van der Waals surface area contributed by atoms with Crippen LogP contribution in [0.4, 0.5) is 0 Å². The minimum Gasteiger partial charge on any atom is -0.497 e. The summed E-state index contributed by atoms with van der Waals surface area (Å²) >= 11 is 0. The summed E-state index contributed by atoms with van der Waals surface area (Å²) < 4.78 is 13.5. The third-order valence-electron chi connectivity index (χ3n) is 7.23. The molecule has 0 fully saturated rings. The minimum atomic E-state index is -0.271. The average molecular weight is 530 g/mol. The molecule has 40 heavy (non-hydrogen) atoms. The van der Waals surface area contributed by atoms with Gasteiger partial charge >= 0.3 is 5.97 Å². The van der Waals surface area contributed by atoms with E-state index in [1.165, 1.54) is 11.1 Å². The zero-order chi connectivity index (χ0) is 27.7. The molecule has 0 amide bonds. The Labute approximate surface area is 236 Å². The summed E-state index contributed by atoms with van der Waals surface area (Å²) in [6.07, 6.45) is 2.22. The number of benzene rings is 4. The molecule has 0 atom stereocenters. The minimum absolute atomic E-state index is 0.271.